The van der Waals surface area contributed by atoms with Gasteiger partial charge in [0.05, 0.1) is 5.56 Å². The van der Waals surface area contributed by atoms with E-state index >= 15 is 0 Å². The monoisotopic (exact) mass is 247 g/mol. The molecule has 1 aliphatic heterocycles. The van der Waals surface area contributed by atoms with Gasteiger partial charge in [0.25, 0.3) is 5.91 Å². The molecule has 1 aliphatic rings. The highest BCUT2D eigenvalue weighted by Gasteiger charge is 2.27. The highest BCUT2D eigenvalue weighted by Crippen LogP contribution is 2.26. The zero-order chi connectivity index (χ0) is 13.0. The second-order valence-corrected chi connectivity index (χ2v) is 5.43. The first-order valence-corrected chi connectivity index (χ1v) is 6.51. The molecule has 1 aromatic rings. The van der Waals surface area contributed by atoms with E-state index in [-0.39, 0.29) is 11.3 Å². The molecule has 2 N–H and O–H groups in total. The maximum Gasteiger partial charge on any atom is 0.252 e. The summed E-state index contributed by atoms with van der Waals surface area (Å²) in [6, 6.07) is 3.68. The molecule has 1 amide bonds. The smallest absolute Gasteiger partial charge is 0.252 e. The average Bonchev–Trinajstić information content (AvgIpc) is 2.38. The van der Waals surface area contributed by atoms with E-state index < -0.39 is 0 Å². The summed E-state index contributed by atoms with van der Waals surface area (Å²) in [4.78, 5) is 16.1. The highest BCUT2D eigenvalue weighted by atomic mass is 16.1. The Hall–Kier alpha value is -1.42. The van der Waals surface area contributed by atoms with Crippen LogP contribution in [-0.2, 0) is 0 Å². The molecule has 1 saturated heterocycles. The molecule has 0 unspecified atom stereocenters. The summed E-state index contributed by atoms with van der Waals surface area (Å²) in [6.45, 7) is 6.97. The van der Waals surface area contributed by atoms with E-state index in [0.717, 1.165) is 38.2 Å². The maximum atomic E-state index is 12.0. The lowest BCUT2D eigenvalue weighted by Gasteiger charge is -2.34. The fraction of sp³-hybridized carbons (Fsp3) is 0.571. The molecule has 0 saturated carbocycles. The predicted octanol–water partition coefficient (Wildman–Crippen LogP) is 1.51. The number of carbonyl (C=O) groups excluding carboxylic acids is 1. The largest absolute Gasteiger partial charge is 0.351 e. The SMILES string of the molecule is Cc1ccc(C(=O)NCC2(C)CCNCC2)cn1. The average molecular weight is 247 g/mol. The minimum absolute atomic E-state index is 0.0257. The molecule has 18 heavy (non-hydrogen) atoms. The van der Waals surface area contributed by atoms with Gasteiger partial charge < -0.3 is 10.6 Å². The van der Waals surface area contributed by atoms with Crippen LogP contribution in [0.4, 0.5) is 0 Å². The summed E-state index contributed by atoms with van der Waals surface area (Å²) < 4.78 is 0. The number of rotatable bonds is 3. The summed E-state index contributed by atoms with van der Waals surface area (Å²) in [7, 11) is 0. The third kappa shape index (κ3) is 3.29. The van der Waals surface area contributed by atoms with Crippen molar-refractivity contribution < 1.29 is 4.79 Å². The Kier molecular flexibility index (Phi) is 3.97. The Labute approximate surface area is 108 Å². The minimum Gasteiger partial charge on any atom is -0.351 e. The predicted molar refractivity (Wildman–Crippen MR) is 71.5 cm³/mol. The number of amides is 1. The van der Waals surface area contributed by atoms with Gasteiger partial charge in [-0.2, -0.15) is 0 Å². The van der Waals surface area contributed by atoms with Crippen molar-refractivity contribution in [1.82, 2.24) is 15.6 Å². The molecule has 0 aromatic carbocycles. The molecular formula is C14H21N3O. The number of pyridine rings is 1. The second-order valence-electron chi connectivity index (χ2n) is 5.43. The molecule has 0 atom stereocenters. The van der Waals surface area contributed by atoms with Gasteiger partial charge in [-0.1, -0.05) is 6.92 Å². The Morgan fingerprint density at radius 2 is 2.17 bits per heavy atom. The van der Waals surface area contributed by atoms with E-state index in [0.29, 0.717) is 5.56 Å². The van der Waals surface area contributed by atoms with Gasteiger partial charge in [-0.05, 0) is 50.4 Å². The van der Waals surface area contributed by atoms with Crippen molar-refractivity contribution in [3.8, 4) is 0 Å². The van der Waals surface area contributed by atoms with E-state index in [1.807, 2.05) is 19.1 Å². The number of aryl methyl sites for hydroxylation is 1. The lowest BCUT2D eigenvalue weighted by molar-refractivity contribution is 0.0922. The van der Waals surface area contributed by atoms with Crippen LogP contribution < -0.4 is 10.6 Å². The van der Waals surface area contributed by atoms with Gasteiger partial charge in [0.1, 0.15) is 0 Å². The third-order valence-electron chi connectivity index (χ3n) is 3.66. The molecule has 1 aromatic heterocycles. The van der Waals surface area contributed by atoms with Crippen LogP contribution in [0.1, 0.15) is 35.8 Å². The van der Waals surface area contributed by atoms with Gasteiger partial charge in [-0.25, -0.2) is 0 Å². The van der Waals surface area contributed by atoms with Crippen molar-refractivity contribution in [1.29, 1.82) is 0 Å². The number of aromatic nitrogens is 1. The fourth-order valence-corrected chi connectivity index (χ4v) is 2.20. The van der Waals surface area contributed by atoms with Crippen molar-refractivity contribution in [2.75, 3.05) is 19.6 Å². The summed E-state index contributed by atoms with van der Waals surface area (Å²) >= 11 is 0. The van der Waals surface area contributed by atoms with Crippen LogP contribution in [0.5, 0.6) is 0 Å². The summed E-state index contributed by atoms with van der Waals surface area (Å²) in [6.07, 6.45) is 3.86. The zero-order valence-corrected chi connectivity index (χ0v) is 11.1. The molecule has 4 nitrogen and oxygen atoms in total. The van der Waals surface area contributed by atoms with E-state index in [9.17, 15) is 4.79 Å². The maximum absolute atomic E-state index is 12.0. The number of piperidine rings is 1. The molecule has 0 aliphatic carbocycles. The highest BCUT2D eigenvalue weighted by molar-refractivity contribution is 5.93. The first kappa shape index (κ1) is 13.0. The zero-order valence-electron chi connectivity index (χ0n) is 11.1. The van der Waals surface area contributed by atoms with Crippen LogP contribution in [-0.4, -0.2) is 30.5 Å². The Bertz CT molecular complexity index is 408. The van der Waals surface area contributed by atoms with E-state index in [1.54, 1.807) is 6.20 Å². The van der Waals surface area contributed by atoms with Gasteiger partial charge in [-0.15, -0.1) is 0 Å². The molecule has 2 heterocycles. The Morgan fingerprint density at radius 1 is 1.44 bits per heavy atom. The first-order chi connectivity index (χ1) is 8.59. The number of nitrogens with one attached hydrogen (secondary N) is 2. The molecule has 2 rings (SSSR count). The quantitative estimate of drug-likeness (QED) is 0.851. The van der Waals surface area contributed by atoms with E-state index in [1.165, 1.54) is 0 Å². The van der Waals surface area contributed by atoms with Crippen LogP contribution in [0.25, 0.3) is 0 Å². The van der Waals surface area contributed by atoms with Crippen LogP contribution >= 0.6 is 0 Å². The van der Waals surface area contributed by atoms with E-state index in [2.05, 4.69) is 22.5 Å². The van der Waals surface area contributed by atoms with Gasteiger partial charge in [0.15, 0.2) is 0 Å². The summed E-state index contributed by atoms with van der Waals surface area (Å²) in [5.41, 5.74) is 1.79. The second kappa shape index (κ2) is 5.48. The standard InChI is InChI=1S/C14H21N3O/c1-11-3-4-12(9-16-11)13(18)17-10-14(2)5-7-15-8-6-14/h3-4,9,15H,5-8,10H2,1-2H3,(H,17,18). The van der Waals surface area contributed by atoms with Gasteiger partial charge in [0, 0.05) is 18.4 Å². The van der Waals surface area contributed by atoms with Crippen molar-refractivity contribution >= 4 is 5.91 Å². The molecule has 4 heteroatoms. The van der Waals surface area contributed by atoms with Crippen molar-refractivity contribution in [2.24, 2.45) is 5.41 Å². The Balaban J connectivity index is 1.89. The van der Waals surface area contributed by atoms with Gasteiger partial charge in [-0.3, -0.25) is 9.78 Å². The van der Waals surface area contributed by atoms with Crippen LogP contribution in [0.15, 0.2) is 18.3 Å². The lowest BCUT2D eigenvalue weighted by atomic mass is 9.81. The number of hydrogen-bond donors (Lipinski definition) is 2. The molecule has 0 radical (unpaired) electrons. The van der Waals surface area contributed by atoms with Gasteiger partial charge >= 0.3 is 0 Å². The molecule has 1 fully saturated rings. The van der Waals surface area contributed by atoms with E-state index in [4.69, 9.17) is 0 Å². The first-order valence-electron chi connectivity index (χ1n) is 6.51. The van der Waals surface area contributed by atoms with Crippen LogP contribution in [0.3, 0.4) is 0 Å². The minimum atomic E-state index is -0.0257. The van der Waals surface area contributed by atoms with Crippen molar-refractivity contribution in [3.63, 3.8) is 0 Å². The molecule has 0 spiro atoms. The lowest BCUT2D eigenvalue weighted by Crippen LogP contribution is -2.42. The number of carbonyl (C=O) groups is 1. The normalized spacial score (nSPS) is 18.3. The summed E-state index contributed by atoms with van der Waals surface area (Å²) in [5, 5.41) is 6.36. The molecule has 0 bridgehead atoms. The van der Waals surface area contributed by atoms with Crippen molar-refractivity contribution in [3.05, 3.63) is 29.6 Å². The van der Waals surface area contributed by atoms with Crippen LogP contribution in [0.2, 0.25) is 0 Å². The van der Waals surface area contributed by atoms with Gasteiger partial charge in [0.2, 0.25) is 0 Å². The number of nitrogens with zero attached hydrogens (tertiary/aromatic N) is 1. The number of hydrogen-bond acceptors (Lipinski definition) is 3. The van der Waals surface area contributed by atoms with Crippen LogP contribution in [0, 0.1) is 12.3 Å². The topological polar surface area (TPSA) is 54.0 Å². The molecule has 98 valence electrons. The fourth-order valence-electron chi connectivity index (χ4n) is 2.20. The summed E-state index contributed by atoms with van der Waals surface area (Å²) in [5.74, 6) is -0.0257. The Morgan fingerprint density at radius 3 is 2.78 bits per heavy atom. The molecular weight excluding hydrogens is 226 g/mol. The van der Waals surface area contributed by atoms with Crippen molar-refractivity contribution in [2.45, 2.75) is 26.7 Å². The third-order valence-corrected chi connectivity index (χ3v) is 3.66.